The topological polar surface area (TPSA) is 111 Å². The standard InChI is InChI=1S/C31H38N2O6/c1-30(2,3)20-7-11-24(38-28(36)22-9-13-26(34)32-22)18(16-20)15-19-17-21(31(4,5)6)8-12-25(19)39-29(37)23-10-14-27(35)33-23/h7-8,11-12,16-17,22-23H,9-10,13-15H2,1-6H3,(H,32,34)(H,33,35)/t22-,23-/m0/s1. The van der Waals surface area contributed by atoms with Crippen LogP contribution in [0, 0.1) is 0 Å². The summed E-state index contributed by atoms with van der Waals surface area (Å²) in [4.78, 5) is 49.0. The largest absolute Gasteiger partial charge is 0.425 e. The molecule has 2 atom stereocenters. The van der Waals surface area contributed by atoms with E-state index in [2.05, 4.69) is 52.2 Å². The summed E-state index contributed by atoms with van der Waals surface area (Å²) in [6, 6.07) is 10.1. The van der Waals surface area contributed by atoms with Gasteiger partial charge in [0.2, 0.25) is 11.8 Å². The number of amides is 2. The Morgan fingerprint density at radius 2 is 1.10 bits per heavy atom. The number of hydrogen-bond donors (Lipinski definition) is 2. The van der Waals surface area contributed by atoms with Crippen molar-refractivity contribution in [3.63, 3.8) is 0 Å². The molecule has 8 heteroatoms. The zero-order chi connectivity index (χ0) is 28.5. The third-order valence-electron chi connectivity index (χ3n) is 7.21. The molecule has 8 nitrogen and oxygen atoms in total. The molecule has 0 spiro atoms. The molecule has 2 aliphatic rings. The van der Waals surface area contributed by atoms with Gasteiger partial charge in [0.1, 0.15) is 23.6 Å². The Morgan fingerprint density at radius 3 is 1.41 bits per heavy atom. The van der Waals surface area contributed by atoms with Gasteiger partial charge < -0.3 is 20.1 Å². The first-order valence-corrected chi connectivity index (χ1v) is 13.5. The summed E-state index contributed by atoms with van der Waals surface area (Å²) in [5.74, 6) is -0.532. The first-order chi connectivity index (χ1) is 18.2. The highest BCUT2D eigenvalue weighted by atomic mass is 16.5. The lowest BCUT2D eigenvalue weighted by atomic mass is 9.83. The normalized spacial score (nSPS) is 19.4. The molecule has 208 valence electrons. The van der Waals surface area contributed by atoms with Crippen molar-refractivity contribution in [3.05, 3.63) is 58.7 Å². The summed E-state index contributed by atoms with van der Waals surface area (Å²) in [6.45, 7) is 12.6. The van der Waals surface area contributed by atoms with Gasteiger partial charge in [-0.1, -0.05) is 65.8 Å². The van der Waals surface area contributed by atoms with Gasteiger partial charge in [0, 0.05) is 19.3 Å². The SMILES string of the molecule is CC(C)(C)c1ccc(OC(=O)[C@@H]2CCC(=O)N2)c(Cc2cc(C(C)(C)C)ccc2OC(=O)[C@@H]2CCC(=O)N2)c1. The molecule has 2 heterocycles. The van der Waals surface area contributed by atoms with Crippen molar-refractivity contribution in [2.75, 3.05) is 0 Å². The van der Waals surface area contributed by atoms with Gasteiger partial charge in [-0.05, 0) is 58.1 Å². The minimum absolute atomic E-state index is 0.153. The third kappa shape index (κ3) is 6.85. The van der Waals surface area contributed by atoms with E-state index < -0.39 is 24.0 Å². The molecule has 39 heavy (non-hydrogen) atoms. The van der Waals surface area contributed by atoms with Crippen LogP contribution in [0.4, 0.5) is 0 Å². The smallest absolute Gasteiger partial charge is 0.334 e. The molecule has 2 aromatic rings. The highest BCUT2D eigenvalue weighted by Gasteiger charge is 2.31. The Bertz CT molecular complexity index is 1200. The first-order valence-electron chi connectivity index (χ1n) is 13.5. The number of nitrogens with one attached hydrogen (secondary N) is 2. The van der Waals surface area contributed by atoms with E-state index in [4.69, 9.17) is 9.47 Å². The number of benzene rings is 2. The van der Waals surface area contributed by atoms with Crippen molar-refractivity contribution in [1.82, 2.24) is 10.6 Å². The molecule has 0 aliphatic carbocycles. The van der Waals surface area contributed by atoms with Gasteiger partial charge in [-0.25, -0.2) is 9.59 Å². The zero-order valence-corrected chi connectivity index (χ0v) is 23.6. The van der Waals surface area contributed by atoms with E-state index in [9.17, 15) is 19.2 Å². The second-order valence-corrected chi connectivity index (χ2v) is 12.5. The molecule has 2 aliphatic heterocycles. The lowest BCUT2D eigenvalue weighted by molar-refractivity contribution is -0.137. The van der Waals surface area contributed by atoms with Crippen LogP contribution in [-0.2, 0) is 36.4 Å². The maximum atomic E-state index is 12.9. The Hall–Kier alpha value is -3.68. The monoisotopic (exact) mass is 534 g/mol. The number of ether oxygens (including phenoxy) is 2. The summed E-state index contributed by atoms with van der Waals surface area (Å²) in [5.41, 5.74) is 3.34. The molecule has 2 saturated heterocycles. The van der Waals surface area contributed by atoms with Gasteiger partial charge in [0.15, 0.2) is 0 Å². The number of esters is 2. The van der Waals surface area contributed by atoms with Gasteiger partial charge >= 0.3 is 11.9 Å². The van der Waals surface area contributed by atoms with Crippen LogP contribution in [0.15, 0.2) is 36.4 Å². The molecule has 0 bridgehead atoms. The molecule has 0 radical (unpaired) electrons. The lowest BCUT2D eigenvalue weighted by Crippen LogP contribution is -2.36. The van der Waals surface area contributed by atoms with Crippen LogP contribution < -0.4 is 20.1 Å². The van der Waals surface area contributed by atoms with Crippen molar-refractivity contribution in [1.29, 1.82) is 0 Å². The fourth-order valence-electron chi connectivity index (χ4n) is 4.71. The lowest BCUT2D eigenvalue weighted by Gasteiger charge is -2.24. The second kappa shape index (κ2) is 10.8. The number of rotatable bonds is 6. The molecule has 4 rings (SSSR count). The minimum atomic E-state index is -0.671. The Morgan fingerprint density at radius 1 is 0.718 bits per heavy atom. The van der Waals surface area contributed by atoms with Crippen molar-refractivity contribution in [2.24, 2.45) is 0 Å². The summed E-state index contributed by atoms with van der Waals surface area (Å²) in [5, 5.41) is 5.32. The number of carbonyl (C=O) groups is 4. The summed E-state index contributed by atoms with van der Waals surface area (Å²) in [7, 11) is 0. The van der Waals surface area contributed by atoms with Gasteiger partial charge in [-0.2, -0.15) is 0 Å². The quantitative estimate of drug-likeness (QED) is 0.424. The average molecular weight is 535 g/mol. The van der Waals surface area contributed by atoms with Gasteiger partial charge in [0.05, 0.1) is 0 Å². The second-order valence-electron chi connectivity index (χ2n) is 12.5. The van der Waals surface area contributed by atoms with E-state index in [1.807, 2.05) is 24.3 Å². The van der Waals surface area contributed by atoms with Crippen molar-refractivity contribution < 1.29 is 28.7 Å². The molecule has 0 unspecified atom stereocenters. The fraction of sp³-hybridized carbons (Fsp3) is 0.484. The highest BCUT2D eigenvalue weighted by molar-refractivity contribution is 5.90. The van der Waals surface area contributed by atoms with E-state index in [-0.39, 0.29) is 22.6 Å². The van der Waals surface area contributed by atoms with E-state index >= 15 is 0 Å². The third-order valence-corrected chi connectivity index (χ3v) is 7.21. The van der Waals surface area contributed by atoms with Crippen LogP contribution in [0.1, 0.15) is 89.5 Å². The Kier molecular flexibility index (Phi) is 7.87. The molecular formula is C31H38N2O6. The summed E-state index contributed by atoms with van der Waals surface area (Å²) < 4.78 is 11.6. The molecule has 0 saturated carbocycles. The van der Waals surface area contributed by atoms with Gasteiger partial charge in [-0.3, -0.25) is 9.59 Å². The predicted octanol–water partition coefficient (Wildman–Crippen LogP) is 4.24. The first kappa shape index (κ1) is 28.3. The predicted molar refractivity (Wildman–Crippen MR) is 147 cm³/mol. The summed E-state index contributed by atoms with van der Waals surface area (Å²) >= 11 is 0. The molecule has 2 fully saturated rings. The Labute approximate surface area is 229 Å². The molecule has 2 amide bonds. The zero-order valence-electron chi connectivity index (χ0n) is 23.6. The maximum Gasteiger partial charge on any atom is 0.334 e. The van der Waals surface area contributed by atoms with Crippen molar-refractivity contribution in [2.45, 2.75) is 96.6 Å². The van der Waals surface area contributed by atoms with Crippen molar-refractivity contribution >= 4 is 23.8 Å². The van der Waals surface area contributed by atoms with Crippen LogP contribution >= 0.6 is 0 Å². The molecule has 2 aromatic carbocycles. The summed E-state index contributed by atoms with van der Waals surface area (Å²) in [6.07, 6.45) is 1.74. The van der Waals surface area contributed by atoms with E-state index in [1.165, 1.54) is 0 Å². The molecule has 0 aromatic heterocycles. The van der Waals surface area contributed by atoms with Crippen LogP contribution in [-0.4, -0.2) is 35.8 Å². The van der Waals surface area contributed by atoms with E-state index in [0.717, 1.165) is 22.3 Å². The molecule has 2 N–H and O–H groups in total. The maximum absolute atomic E-state index is 12.9. The number of hydrogen-bond acceptors (Lipinski definition) is 6. The minimum Gasteiger partial charge on any atom is -0.425 e. The van der Waals surface area contributed by atoms with Crippen molar-refractivity contribution in [3.8, 4) is 11.5 Å². The van der Waals surface area contributed by atoms with Gasteiger partial charge in [0.25, 0.3) is 0 Å². The van der Waals surface area contributed by atoms with Crippen LogP contribution in [0.3, 0.4) is 0 Å². The van der Waals surface area contributed by atoms with Crippen LogP contribution in [0.2, 0.25) is 0 Å². The van der Waals surface area contributed by atoms with Gasteiger partial charge in [-0.15, -0.1) is 0 Å². The fourth-order valence-corrected chi connectivity index (χ4v) is 4.71. The Balaban J connectivity index is 1.70. The van der Waals surface area contributed by atoms with E-state index in [1.54, 1.807) is 12.1 Å². The molecular weight excluding hydrogens is 496 g/mol. The van der Waals surface area contributed by atoms with E-state index in [0.29, 0.717) is 43.6 Å². The highest BCUT2D eigenvalue weighted by Crippen LogP contribution is 2.34. The van der Waals surface area contributed by atoms with Crippen LogP contribution in [0.25, 0.3) is 0 Å². The number of carbonyl (C=O) groups excluding carboxylic acids is 4. The van der Waals surface area contributed by atoms with Crippen LogP contribution in [0.5, 0.6) is 11.5 Å². The average Bonchev–Trinajstić information content (AvgIpc) is 3.48.